The van der Waals surface area contributed by atoms with E-state index in [-0.39, 0.29) is 12.6 Å². The standard InChI is InChI=1S/C14H15BrN2O3/c1-2-17(13-8-20-7-10(13)14(18)19)12-4-3-9(6-16)5-11(12)15/h3-5,10,13H,2,7-8H2,1H3,(H,18,19). The highest BCUT2D eigenvalue weighted by Gasteiger charge is 2.38. The first-order valence-corrected chi connectivity index (χ1v) is 7.14. The average Bonchev–Trinajstić information content (AvgIpc) is 2.90. The highest BCUT2D eigenvalue weighted by molar-refractivity contribution is 9.10. The predicted molar refractivity (Wildman–Crippen MR) is 77.6 cm³/mol. The number of likely N-dealkylation sites (N-methyl/N-ethyl adjacent to an activating group) is 1. The SMILES string of the molecule is CCN(c1ccc(C#N)cc1Br)C1COCC1C(=O)O. The monoisotopic (exact) mass is 338 g/mol. The number of nitrogens with zero attached hydrogens (tertiary/aromatic N) is 2. The fraction of sp³-hybridized carbons (Fsp3) is 0.429. The van der Waals surface area contributed by atoms with Crippen LogP contribution in [0.2, 0.25) is 0 Å². The minimum absolute atomic E-state index is 0.193. The van der Waals surface area contributed by atoms with Crippen LogP contribution in [0.1, 0.15) is 12.5 Å². The van der Waals surface area contributed by atoms with Gasteiger partial charge in [-0.1, -0.05) is 0 Å². The van der Waals surface area contributed by atoms with Crippen LogP contribution in [0.5, 0.6) is 0 Å². The second kappa shape index (κ2) is 6.25. The molecule has 106 valence electrons. The molecule has 1 fully saturated rings. The molecule has 2 unspecified atom stereocenters. The van der Waals surface area contributed by atoms with E-state index in [0.717, 1.165) is 10.2 Å². The second-order valence-corrected chi connectivity index (χ2v) is 5.47. The van der Waals surface area contributed by atoms with Crippen molar-refractivity contribution >= 4 is 27.6 Å². The smallest absolute Gasteiger partial charge is 0.311 e. The van der Waals surface area contributed by atoms with Crippen LogP contribution in [0.15, 0.2) is 22.7 Å². The highest BCUT2D eigenvalue weighted by atomic mass is 79.9. The Balaban J connectivity index is 2.33. The Bertz CT molecular complexity index is 556. The normalized spacial score (nSPS) is 21.4. The van der Waals surface area contributed by atoms with Gasteiger partial charge in [0.05, 0.1) is 36.6 Å². The van der Waals surface area contributed by atoms with Gasteiger partial charge in [-0.05, 0) is 41.1 Å². The number of ether oxygens (including phenoxy) is 1. The van der Waals surface area contributed by atoms with Crippen molar-refractivity contribution in [1.82, 2.24) is 0 Å². The topological polar surface area (TPSA) is 73.6 Å². The molecule has 0 saturated carbocycles. The summed E-state index contributed by atoms with van der Waals surface area (Å²) in [5.41, 5.74) is 1.45. The van der Waals surface area contributed by atoms with Gasteiger partial charge in [-0.25, -0.2) is 0 Å². The van der Waals surface area contributed by atoms with Gasteiger partial charge in [0.1, 0.15) is 5.92 Å². The molecule has 0 aliphatic carbocycles. The summed E-state index contributed by atoms with van der Waals surface area (Å²) in [4.78, 5) is 13.3. The summed E-state index contributed by atoms with van der Waals surface area (Å²) in [6.45, 7) is 3.28. The van der Waals surface area contributed by atoms with Crippen LogP contribution in [-0.4, -0.2) is 36.9 Å². The molecule has 0 aromatic heterocycles. The number of carbonyl (C=O) groups is 1. The van der Waals surface area contributed by atoms with Crippen LogP contribution < -0.4 is 4.90 Å². The van der Waals surface area contributed by atoms with Crippen molar-refractivity contribution < 1.29 is 14.6 Å². The van der Waals surface area contributed by atoms with Gasteiger partial charge in [0.25, 0.3) is 0 Å². The Morgan fingerprint density at radius 2 is 2.35 bits per heavy atom. The van der Waals surface area contributed by atoms with Crippen molar-refractivity contribution in [3.63, 3.8) is 0 Å². The summed E-state index contributed by atoms with van der Waals surface area (Å²) >= 11 is 3.45. The molecule has 2 rings (SSSR count). The average molecular weight is 339 g/mol. The van der Waals surface area contributed by atoms with Crippen LogP contribution in [-0.2, 0) is 9.53 Å². The molecule has 1 saturated heterocycles. The Labute approximate surface area is 125 Å². The van der Waals surface area contributed by atoms with Gasteiger partial charge < -0.3 is 14.7 Å². The Morgan fingerprint density at radius 1 is 1.60 bits per heavy atom. The van der Waals surface area contributed by atoms with E-state index in [4.69, 9.17) is 10.00 Å². The number of anilines is 1. The molecular formula is C14H15BrN2O3. The first-order chi connectivity index (χ1) is 9.58. The van der Waals surface area contributed by atoms with Crippen molar-refractivity contribution in [2.75, 3.05) is 24.7 Å². The molecule has 1 aliphatic heterocycles. The summed E-state index contributed by atoms with van der Waals surface area (Å²) in [6, 6.07) is 7.20. The largest absolute Gasteiger partial charge is 0.481 e. The van der Waals surface area contributed by atoms with Gasteiger partial charge in [0.15, 0.2) is 0 Å². The zero-order valence-corrected chi connectivity index (χ0v) is 12.6. The molecule has 5 nitrogen and oxygen atoms in total. The molecule has 1 aromatic carbocycles. The maximum absolute atomic E-state index is 11.3. The number of nitriles is 1. The van der Waals surface area contributed by atoms with E-state index in [1.807, 2.05) is 17.9 Å². The molecule has 1 aliphatic rings. The molecule has 1 heterocycles. The first kappa shape index (κ1) is 14.8. The second-order valence-electron chi connectivity index (χ2n) is 4.61. The van der Waals surface area contributed by atoms with E-state index < -0.39 is 11.9 Å². The third-order valence-corrected chi connectivity index (χ3v) is 4.13. The lowest BCUT2D eigenvalue weighted by molar-refractivity contribution is -0.141. The summed E-state index contributed by atoms with van der Waals surface area (Å²) in [5, 5.41) is 18.2. The van der Waals surface area contributed by atoms with Crippen LogP contribution in [0.25, 0.3) is 0 Å². The van der Waals surface area contributed by atoms with Gasteiger partial charge in [-0.15, -0.1) is 0 Å². The van der Waals surface area contributed by atoms with Crippen molar-refractivity contribution in [2.24, 2.45) is 5.92 Å². The lowest BCUT2D eigenvalue weighted by Crippen LogP contribution is -2.43. The lowest BCUT2D eigenvalue weighted by atomic mass is 10.0. The zero-order chi connectivity index (χ0) is 14.7. The third kappa shape index (κ3) is 2.79. The number of carboxylic acid groups (broad SMARTS) is 1. The van der Waals surface area contributed by atoms with E-state index in [1.165, 1.54) is 0 Å². The van der Waals surface area contributed by atoms with Crippen molar-refractivity contribution in [3.05, 3.63) is 28.2 Å². The number of halogens is 1. The molecular weight excluding hydrogens is 324 g/mol. The van der Waals surface area contributed by atoms with Gasteiger partial charge in [-0.3, -0.25) is 4.79 Å². The third-order valence-electron chi connectivity index (χ3n) is 3.49. The number of aliphatic carboxylic acids is 1. The quantitative estimate of drug-likeness (QED) is 0.911. The van der Waals surface area contributed by atoms with E-state index in [9.17, 15) is 9.90 Å². The minimum Gasteiger partial charge on any atom is -0.481 e. The van der Waals surface area contributed by atoms with Crippen LogP contribution in [0, 0.1) is 17.2 Å². The van der Waals surface area contributed by atoms with Gasteiger partial charge in [-0.2, -0.15) is 5.26 Å². The fourth-order valence-corrected chi connectivity index (χ4v) is 3.09. The summed E-state index contributed by atoms with van der Waals surface area (Å²) < 4.78 is 6.12. The Morgan fingerprint density at radius 3 is 2.90 bits per heavy atom. The molecule has 0 radical (unpaired) electrons. The molecule has 0 bridgehead atoms. The number of rotatable bonds is 4. The molecule has 6 heteroatoms. The van der Waals surface area contributed by atoms with Crippen LogP contribution >= 0.6 is 15.9 Å². The maximum atomic E-state index is 11.3. The van der Waals surface area contributed by atoms with Crippen molar-refractivity contribution in [2.45, 2.75) is 13.0 Å². The summed E-state index contributed by atoms with van der Waals surface area (Å²) in [6.07, 6.45) is 0. The Kier molecular flexibility index (Phi) is 4.63. The zero-order valence-electron chi connectivity index (χ0n) is 11.0. The molecule has 1 N–H and O–H groups in total. The first-order valence-electron chi connectivity index (χ1n) is 6.35. The van der Waals surface area contributed by atoms with E-state index in [2.05, 4.69) is 22.0 Å². The highest BCUT2D eigenvalue weighted by Crippen LogP contribution is 2.32. The molecule has 2 atom stereocenters. The number of hydrogen-bond donors (Lipinski definition) is 1. The van der Waals surface area contributed by atoms with E-state index in [1.54, 1.807) is 12.1 Å². The van der Waals surface area contributed by atoms with Crippen LogP contribution in [0.3, 0.4) is 0 Å². The number of carboxylic acids is 1. The number of benzene rings is 1. The van der Waals surface area contributed by atoms with Crippen molar-refractivity contribution in [1.29, 1.82) is 5.26 Å². The molecule has 0 spiro atoms. The van der Waals surface area contributed by atoms with Gasteiger partial charge >= 0.3 is 5.97 Å². The number of hydrogen-bond acceptors (Lipinski definition) is 4. The summed E-state index contributed by atoms with van der Waals surface area (Å²) in [5.74, 6) is -1.37. The van der Waals surface area contributed by atoms with Crippen LogP contribution in [0.4, 0.5) is 5.69 Å². The van der Waals surface area contributed by atoms with E-state index >= 15 is 0 Å². The van der Waals surface area contributed by atoms with Crippen molar-refractivity contribution in [3.8, 4) is 6.07 Å². The van der Waals surface area contributed by atoms with Gasteiger partial charge in [0.2, 0.25) is 0 Å². The molecule has 20 heavy (non-hydrogen) atoms. The molecule has 1 aromatic rings. The predicted octanol–water partition coefficient (Wildman–Crippen LogP) is 2.25. The fourth-order valence-electron chi connectivity index (χ4n) is 2.48. The van der Waals surface area contributed by atoms with E-state index in [0.29, 0.717) is 18.7 Å². The summed E-state index contributed by atoms with van der Waals surface area (Å²) in [7, 11) is 0. The minimum atomic E-state index is -0.837. The molecule has 0 amide bonds. The maximum Gasteiger partial charge on any atom is 0.311 e. The lowest BCUT2D eigenvalue weighted by Gasteiger charge is -2.32. The van der Waals surface area contributed by atoms with Gasteiger partial charge in [0, 0.05) is 11.0 Å². The Hall–Kier alpha value is -1.58.